The molecule has 5 nitrogen and oxygen atoms in total. The molecule has 0 spiro atoms. The van der Waals surface area contributed by atoms with E-state index in [1.165, 1.54) is 0 Å². The van der Waals surface area contributed by atoms with Gasteiger partial charge in [-0.2, -0.15) is 0 Å². The number of allylic oxidation sites excluding steroid dienone is 2. The second-order valence-corrected chi connectivity index (χ2v) is 4.10. The predicted octanol–water partition coefficient (Wildman–Crippen LogP) is 1.82. The van der Waals surface area contributed by atoms with Crippen molar-refractivity contribution in [3.63, 3.8) is 0 Å². The molecule has 0 radical (unpaired) electrons. The molecule has 1 amide bonds. The molecule has 1 aromatic heterocycles. The minimum atomic E-state index is -0.110. The zero-order valence-electron chi connectivity index (χ0n) is 10.5. The van der Waals surface area contributed by atoms with Crippen molar-refractivity contribution in [1.82, 2.24) is 4.98 Å². The summed E-state index contributed by atoms with van der Waals surface area (Å²) in [6.45, 7) is 7.73. The number of nitrogens with zero attached hydrogens (tertiary/aromatic N) is 2. The molecule has 18 heavy (non-hydrogen) atoms. The Morgan fingerprint density at radius 3 is 3.00 bits per heavy atom. The minimum Gasteiger partial charge on any atom is -0.397 e. The molecule has 0 saturated heterocycles. The smallest absolute Gasteiger partial charge is 0.244 e. The maximum atomic E-state index is 11.7. The lowest BCUT2D eigenvalue weighted by Gasteiger charge is -2.31. The summed E-state index contributed by atoms with van der Waals surface area (Å²) in [5.74, 6) is 0.557. The van der Waals surface area contributed by atoms with Crippen LogP contribution in [0.1, 0.15) is 12.6 Å². The number of carbonyl (C=O) groups excluding carboxylic acids is 1. The Hall–Kier alpha value is -2.30. The Bertz CT molecular complexity index is 548. The van der Waals surface area contributed by atoms with Crippen LogP contribution < -0.4 is 16.0 Å². The van der Waals surface area contributed by atoms with Crippen molar-refractivity contribution in [3.8, 4) is 0 Å². The number of fused-ring (bicyclic) bond motifs is 1. The standard InChI is InChI=1S/C13H16N4O/c1-4-9(5-2)17-7-11(18)16-12-10(14)6-8(3)15-13(12)17/h4-6H,1,7H2,2-3H3,(H2,14,15)(H,16,18)/b9-5+. The van der Waals surface area contributed by atoms with Crippen LogP contribution >= 0.6 is 0 Å². The molecule has 0 fully saturated rings. The lowest BCUT2D eigenvalue weighted by molar-refractivity contribution is -0.115. The second kappa shape index (κ2) is 4.52. The Kier molecular flexibility index (Phi) is 3.06. The van der Waals surface area contributed by atoms with Gasteiger partial charge < -0.3 is 16.0 Å². The minimum absolute atomic E-state index is 0.110. The summed E-state index contributed by atoms with van der Waals surface area (Å²) in [7, 11) is 0. The average Bonchev–Trinajstić information content (AvgIpc) is 2.32. The van der Waals surface area contributed by atoms with Gasteiger partial charge in [0.2, 0.25) is 5.91 Å². The normalized spacial score (nSPS) is 15.1. The van der Waals surface area contributed by atoms with Gasteiger partial charge in [0.05, 0.1) is 5.69 Å². The third-order valence-corrected chi connectivity index (χ3v) is 2.80. The molecule has 2 heterocycles. The van der Waals surface area contributed by atoms with Gasteiger partial charge in [0.15, 0.2) is 5.82 Å². The van der Waals surface area contributed by atoms with Gasteiger partial charge in [-0.1, -0.05) is 12.7 Å². The van der Waals surface area contributed by atoms with Crippen molar-refractivity contribution in [2.24, 2.45) is 0 Å². The number of pyridine rings is 1. The maximum absolute atomic E-state index is 11.7. The fraction of sp³-hybridized carbons (Fsp3) is 0.231. The van der Waals surface area contributed by atoms with Crippen LogP contribution in [-0.2, 0) is 4.79 Å². The van der Waals surface area contributed by atoms with Gasteiger partial charge in [-0.3, -0.25) is 4.79 Å². The third kappa shape index (κ3) is 1.95. The number of rotatable bonds is 2. The van der Waals surface area contributed by atoms with E-state index in [-0.39, 0.29) is 12.5 Å². The highest BCUT2D eigenvalue weighted by Crippen LogP contribution is 2.35. The van der Waals surface area contributed by atoms with Crippen molar-refractivity contribution in [2.75, 3.05) is 22.5 Å². The number of hydrogen-bond acceptors (Lipinski definition) is 4. The van der Waals surface area contributed by atoms with E-state index in [9.17, 15) is 4.79 Å². The summed E-state index contributed by atoms with van der Waals surface area (Å²) < 4.78 is 0. The third-order valence-electron chi connectivity index (χ3n) is 2.80. The van der Waals surface area contributed by atoms with E-state index < -0.39 is 0 Å². The van der Waals surface area contributed by atoms with Crippen molar-refractivity contribution in [3.05, 3.63) is 36.2 Å². The van der Waals surface area contributed by atoms with Gasteiger partial charge in [-0.05, 0) is 26.0 Å². The highest BCUT2D eigenvalue weighted by Gasteiger charge is 2.26. The summed E-state index contributed by atoms with van der Waals surface area (Å²) in [6.07, 6.45) is 3.58. The van der Waals surface area contributed by atoms with Crippen LogP contribution in [0.15, 0.2) is 30.5 Å². The zero-order chi connectivity index (χ0) is 13.3. The first-order valence-corrected chi connectivity index (χ1v) is 5.70. The van der Waals surface area contributed by atoms with Gasteiger partial charge in [0.1, 0.15) is 12.2 Å². The van der Waals surface area contributed by atoms with E-state index in [2.05, 4.69) is 16.9 Å². The summed E-state index contributed by atoms with van der Waals surface area (Å²) in [5.41, 5.74) is 8.66. The molecule has 0 aliphatic carbocycles. The lowest BCUT2D eigenvalue weighted by Crippen LogP contribution is -2.38. The summed E-state index contributed by atoms with van der Waals surface area (Å²) in [6, 6.07) is 1.74. The Balaban J connectivity index is 2.61. The maximum Gasteiger partial charge on any atom is 0.244 e. The quantitative estimate of drug-likeness (QED) is 0.778. The first kappa shape index (κ1) is 12.2. The monoisotopic (exact) mass is 244 g/mol. The largest absolute Gasteiger partial charge is 0.397 e. The van der Waals surface area contributed by atoms with Gasteiger partial charge in [-0.15, -0.1) is 0 Å². The highest BCUT2D eigenvalue weighted by molar-refractivity contribution is 6.04. The van der Waals surface area contributed by atoms with Crippen LogP contribution in [0.25, 0.3) is 0 Å². The molecule has 3 N–H and O–H groups in total. The lowest BCUT2D eigenvalue weighted by atomic mass is 10.2. The molecule has 1 aliphatic heterocycles. The number of nitrogens with two attached hydrogens (primary N) is 1. The van der Waals surface area contributed by atoms with Gasteiger partial charge in [-0.25, -0.2) is 4.98 Å². The Morgan fingerprint density at radius 2 is 2.39 bits per heavy atom. The van der Waals surface area contributed by atoms with Crippen LogP contribution in [0.3, 0.4) is 0 Å². The van der Waals surface area contributed by atoms with E-state index in [1.807, 2.05) is 24.8 Å². The molecule has 0 saturated carbocycles. The van der Waals surface area contributed by atoms with Crippen molar-refractivity contribution in [2.45, 2.75) is 13.8 Å². The van der Waals surface area contributed by atoms with Gasteiger partial charge >= 0.3 is 0 Å². The van der Waals surface area contributed by atoms with Crippen molar-refractivity contribution in [1.29, 1.82) is 0 Å². The number of aromatic nitrogens is 1. The van der Waals surface area contributed by atoms with E-state index in [4.69, 9.17) is 5.73 Å². The van der Waals surface area contributed by atoms with Gasteiger partial charge in [0.25, 0.3) is 0 Å². The SMILES string of the molecule is C=C/C(=C\C)N1CC(=O)Nc2c(N)cc(C)nc21. The van der Waals surface area contributed by atoms with Crippen LogP contribution in [0.2, 0.25) is 0 Å². The number of hydrogen-bond donors (Lipinski definition) is 2. The number of carbonyl (C=O) groups is 1. The summed E-state index contributed by atoms with van der Waals surface area (Å²) in [5, 5.41) is 2.76. The number of nitrogen functional groups attached to an aromatic ring is 1. The van der Waals surface area contributed by atoms with Crippen LogP contribution in [0, 0.1) is 6.92 Å². The molecule has 1 aromatic rings. The Morgan fingerprint density at radius 1 is 1.67 bits per heavy atom. The Labute approximate surface area is 106 Å². The van der Waals surface area contributed by atoms with Crippen molar-refractivity contribution >= 4 is 23.1 Å². The van der Waals surface area contributed by atoms with E-state index in [0.717, 1.165) is 11.4 Å². The van der Waals surface area contributed by atoms with E-state index >= 15 is 0 Å². The molecular formula is C13H16N4O. The molecule has 0 unspecified atom stereocenters. The summed E-state index contributed by atoms with van der Waals surface area (Å²) >= 11 is 0. The number of anilines is 3. The van der Waals surface area contributed by atoms with E-state index in [0.29, 0.717) is 17.2 Å². The molecule has 5 heteroatoms. The van der Waals surface area contributed by atoms with Crippen LogP contribution in [0.5, 0.6) is 0 Å². The molecule has 2 rings (SSSR count). The van der Waals surface area contributed by atoms with E-state index in [1.54, 1.807) is 12.1 Å². The number of amides is 1. The van der Waals surface area contributed by atoms with Crippen LogP contribution in [0.4, 0.5) is 17.2 Å². The van der Waals surface area contributed by atoms with Crippen molar-refractivity contribution < 1.29 is 4.79 Å². The average molecular weight is 244 g/mol. The number of nitrogens with one attached hydrogen (secondary N) is 1. The molecular weight excluding hydrogens is 228 g/mol. The first-order valence-electron chi connectivity index (χ1n) is 5.70. The fourth-order valence-corrected chi connectivity index (χ4v) is 2.00. The number of aryl methyl sites for hydroxylation is 1. The predicted molar refractivity (Wildman–Crippen MR) is 73.3 cm³/mol. The van der Waals surface area contributed by atoms with Gasteiger partial charge in [0, 0.05) is 11.4 Å². The van der Waals surface area contributed by atoms with Crippen LogP contribution in [-0.4, -0.2) is 17.4 Å². The molecule has 0 aromatic carbocycles. The topological polar surface area (TPSA) is 71.2 Å². The second-order valence-electron chi connectivity index (χ2n) is 4.10. The summed E-state index contributed by atoms with van der Waals surface area (Å²) in [4.78, 5) is 18.0. The molecule has 1 aliphatic rings. The molecule has 0 atom stereocenters. The highest BCUT2D eigenvalue weighted by atomic mass is 16.2. The fourth-order valence-electron chi connectivity index (χ4n) is 2.00. The zero-order valence-corrected chi connectivity index (χ0v) is 10.5. The first-order chi connectivity index (χ1) is 8.56. The molecule has 0 bridgehead atoms. The molecule has 94 valence electrons.